The molecule has 0 aromatic carbocycles. The van der Waals surface area contributed by atoms with Gasteiger partial charge in [-0.2, -0.15) is 0 Å². The van der Waals surface area contributed by atoms with Crippen LogP contribution in [-0.4, -0.2) is 13.3 Å². The monoisotopic (exact) mass is 149 g/mol. The second-order valence-corrected chi connectivity index (χ2v) is 2.14. The zero-order valence-electron chi connectivity index (χ0n) is 7.25. The van der Waals surface area contributed by atoms with Gasteiger partial charge in [0.2, 0.25) is 0 Å². The summed E-state index contributed by atoms with van der Waals surface area (Å²) in [6.07, 6.45) is 10.6. The molecule has 0 aromatic rings. The van der Waals surface area contributed by atoms with Crippen molar-refractivity contribution < 1.29 is 0 Å². The topological polar surface area (TPSA) is 12.4 Å². The van der Waals surface area contributed by atoms with Crippen LogP contribution in [0.1, 0.15) is 13.3 Å². The van der Waals surface area contributed by atoms with E-state index in [1.165, 1.54) is 5.57 Å². The molecule has 0 aromatic heterocycles. The summed E-state index contributed by atoms with van der Waals surface area (Å²) in [5.41, 5.74) is 1.18. The van der Waals surface area contributed by atoms with Crippen LogP contribution >= 0.6 is 0 Å². The first kappa shape index (κ1) is 9.89. The van der Waals surface area contributed by atoms with Gasteiger partial charge in [0.25, 0.3) is 0 Å². The molecule has 0 aliphatic carbocycles. The second kappa shape index (κ2) is 7.00. The van der Waals surface area contributed by atoms with Gasteiger partial charge in [0.1, 0.15) is 0 Å². The summed E-state index contributed by atoms with van der Waals surface area (Å²) < 4.78 is 0. The summed E-state index contributed by atoms with van der Waals surface area (Å²) in [5.74, 6) is 0. The van der Waals surface area contributed by atoms with E-state index in [-0.39, 0.29) is 0 Å². The van der Waals surface area contributed by atoms with E-state index in [0.717, 1.165) is 6.42 Å². The quantitative estimate of drug-likeness (QED) is 0.331. The van der Waals surface area contributed by atoms with Crippen LogP contribution < -0.4 is 0 Å². The van der Waals surface area contributed by atoms with Gasteiger partial charge >= 0.3 is 0 Å². The Balaban J connectivity index is 4.10. The molecule has 0 radical (unpaired) electrons. The van der Waals surface area contributed by atoms with E-state index in [2.05, 4.69) is 17.6 Å². The number of hydrogen-bond acceptors (Lipinski definition) is 1. The maximum absolute atomic E-state index is 3.93. The summed E-state index contributed by atoms with van der Waals surface area (Å²) in [4.78, 5) is 3.93. The normalized spacial score (nSPS) is 13.1. The lowest BCUT2D eigenvalue weighted by molar-refractivity contribution is 1.31. The lowest BCUT2D eigenvalue weighted by Gasteiger charge is -1.92. The molecule has 0 fully saturated rings. The Morgan fingerprint density at radius 2 is 2.27 bits per heavy atom. The van der Waals surface area contributed by atoms with Crippen LogP contribution in [-0.2, 0) is 0 Å². The third kappa shape index (κ3) is 5.34. The highest BCUT2D eigenvalue weighted by Crippen LogP contribution is 1.99. The molecule has 1 nitrogen and oxygen atoms in total. The molecular formula is C10H15N. The van der Waals surface area contributed by atoms with Gasteiger partial charge in [-0.3, -0.25) is 4.99 Å². The van der Waals surface area contributed by atoms with Gasteiger partial charge in [0.15, 0.2) is 0 Å². The predicted octanol–water partition coefficient (Wildman–Crippen LogP) is 2.77. The lowest BCUT2D eigenvalue weighted by Crippen LogP contribution is -1.81. The molecule has 0 spiro atoms. The highest BCUT2D eigenvalue weighted by atomic mass is 14.6. The molecule has 0 aliphatic rings. The van der Waals surface area contributed by atoms with E-state index in [1.54, 1.807) is 13.1 Å². The third-order valence-electron chi connectivity index (χ3n) is 1.22. The molecule has 0 saturated heterocycles. The summed E-state index contributed by atoms with van der Waals surface area (Å²) in [6, 6.07) is 0. The molecule has 11 heavy (non-hydrogen) atoms. The molecule has 0 rings (SSSR count). The largest absolute Gasteiger partial charge is 0.296 e. The first-order chi connectivity index (χ1) is 5.35. The number of aliphatic imine (C=N–C) groups is 1. The van der Waals surface area contributed by atoms with Crippen molar-refractivity contribution in [3.63, 3.8) is 0 Å². The van der Waals surface area contributed by atoms with Gasteiger partial charge in [-0.15, -0.1) is 0 Å². The summed E-state index contributed by atoms with van der Waals surface area (Å²) in [6.45, 7) is 5.64. The average molecular weight is 149 g/mol. The van der Waals surface area contributed by atoms with E-state index in [1.807, 2.05) is 25.3 Å². The Morgan fingerprint density at radius 3 is 2.73 bits per heavy atom. The molecule has 0 bridgehead atoms. The zero-order chi connectivity index (χ0) is 8.53. The van der Waals surface area contributed by atoms with Gasteiger partial charge < -0.3 is 0 Å². The fraction of sp³-hybridized carbons (Fsp3) is 0.300. The highest BCUT2D eigenvalue weighted by molar-refractivity contribution is 5.79. The number of nitrogens with zero attached hydrogens (tertiary/aromatic N) is 1. The van der Waals surface area contributed by atoms with Crippen LogP contribution in [0, 0.1) is 0 Å². The number of rotatable bonds is 4. The lowest BCUT2D eigenvalue weighted by atomic mass is 10.2. The zero-order valence-corrected chi connectivity index (χ0v) is 7.25. The van der Waals surface area contributed by atoms with Crippen LogP contribution in [0.3, 0.4) is 0 Å². The van der Waals surface area contributed by atoms with Gasteiger partial charge in [-0.05, 0) is 18.9 Å². The smallest absolute Gasteiger partial charge is 0.0277 e. The van der Waals surface area contributed by atoms with Crippen LogP contribution in [0.4, 0.5) is 0 Å². The minimum atomic E-state index is 0.930. The fourth-order valence-corrected chi connectivity index (χ4v) is 0.735. The average Bonchev–Trinajstić information content (AvgIpc) is 2.01. The van der Waals surface area contributed by atoms with E-state index in [9.17, 15) is 0 Å². The van der Waals surface area contributed by atoms with Crippen molar-refractivity contribution in [2.24, 2.45) is 4.99 Å². The first-order valence-electron chi connectivity index (χ1n) is 3.70. The van der Waals surface area contributed by atoms with E-state index >= 15 is 0 Å². The Bertz CT molecular complexity index is 185. The van der Waals surface area contributed by atoms with E-state index in [0.29, 0.717) is 0 Å². The Kier molecular flexibility index (Phi) is 6.30. The van der Waals surface area contributed by atoms with Crippen molar-refractivity contribution in [1.82, 2.24) is 0 Å². The summed E-state index contributed by atoms with van der Waals surface area (Å²) in [7, 11) is 1.77. The molecule has 0 saturated carbocycles. The predicted molar refractivity (Wildman–Crippen MR) is 52.1 cm³/mol. The van der Waals surface area contributed by atoms with E-state index < -0.39 is 0 Å². The number of hydrogen-bond donors (Lipinski definition) is 0. The van der Waals surface area contributed by atoms with Crippen molar-refractivity contribution in [3.8, 4) is 0 Å². The number of allylic oxidation sites excluding steroid dienone is 5. The van der Waals surface area contributed by atoms with Gasteiger partial charge in [-0.25, -0.2) is 0 Å². The van der Waals surface area contributed by atoms with Crippen molar-refractivity contribution in [2.75, 3.05) is 7.05 Å². The maximum atomic E-state index is 3.93. The SMILES string of the molecule is C=C/C=C(\C=NC)C/C=C\C. The third-order valence-corrected chi connectivity index (χ3v) is 1.22. The summed E-state index contributed by atoms with van der Waals surface area (Å²) >= 11 is 0. The Labute approximate surface area is 68.9 Å². The molecule has 0 aliphatic heterocycles. The Hall–Kier alpha value is -1.11. The maximum Gasteiger partial charge on any atom is 0.0277 e. The molecular weight excluding hydrogens is 134 g/mol. The molecule has 0 atom stereocenters. The molecule has 0 heterocycles. The molecule has 0 N–H and O–H groups in total. The van der Waals surface area contributed by atoms with Crippen LogP contribution in [0.15, 0.2) is 41.4 Å². The van der Waals surface area contributed by atoms with E-state index in [4.69, 9.17) is 0 Å². The molecule has 60 valence electrons. The van der Waals surface area contributed by atoms with Crippen molar-refractivity contribution >= 4 is 6.21 Å². The standard InChI is InChI=1S/C10H15N/c1-4-6-8-10(7-5-2)9-11-3/h4-7,9H,2,8H2,1,3H3/b6-4-,10-7-,11-9?. The van der Waals surface area contributed by atoms with Crippen molar-refractivity contribution in [1.29, 1.82) is 0 Å². The first-order valence-corrected chi connectivity index (χ1v) is 3.70. The molecule has 1 heteroatoms. The minimum Gasteiger partial charge on any atom is -0.296 e. The highest BCUT2D eigenvalue weighted by Gasteiger charge is 1.85. The second-order valence-electron chi connectivity index (χ2n) is 2.14. The van der Waals surface area contributed by atoms with Gasteiger partial charge in [0.05, 0.1) is 0 Å². The van der Waals surface area contributed by atoms with Crippen molar-refractivity contribution in [2.45, 2.75) is 13.3 Å². The molecule has 0 unspecified atom stereocenters. The summed E-state index contributed by atoms with van der Waals surface area (Å²) in [5, 5.41) is 0. The van der Waals surface area contributed by atoms with Crippen LogP contribution in [0.2, 0.25) is 0 Å². The van der Waals surface area contributed by atoms with Gasteiger partial charge in [0, 0.05) is 13.3 Å². The minimum absolute atomic E-state index is 0.930. The van der Waals surface area contributed by atoms with Crippen molar-refractivity contribution in [3.05, 3.63) is 36.5 Å². The van der Waals surface area contributed by atoms with Crippen LogP contribution in [0.5, 0.6) is 0 Å². The van der Waals surface area contributed by atoms with Crippen LogP contribution in [0.25, 0.3) is 0 Å². The Morgan fingerprint density at radius 1 is 1.55 bits per heavy atom. The fourth-order valence-electron chi connectivity index (χ4n) is 0.735. The molecule has 0 amide bonds. The van der Waals surface area contributed by atoms with Gasteiger partial charge in [-0.1, -0.05) is 30.9 Å².